The number of nitrogens with one attached hydrogen (secondary N) is 4. The number of phenolic OH excluding ortho intramolecular Hbond substituents is 1. The minimum atomic E-state index is -0.724. The predicted octanol–water partition coefficient (Wildman–Crippen LogP) is 6.20. The van der Waals surface area contributed by atoms with E-state index >= 15 is 0 Å². The smallest absolute Gasteiger partial charge is 0.254 e. The summed E-state index contributed by atoms with van der Waals surface area (Å²) < 4.78 is 5.67. The lowest BCUT2D eigenvalue weighted by Gasteiger charge is -2.57. The number of benzene rings is 2. The highest BCUT2D eigenvalue weighted by atomic mass is 35.5. The second-order valence-electron chi connectivity index (χ2n) is 17.7. The number of fused-ring (bicyclic) bond motifs is 1. The molecule has 2 saturated carbocycles. The number of ether oxygens (including phenoxy) is 1. The number of nitrogens with zero attached hydrogens (tertiary/aromatic N) is 6. The topological polar surface area (TPSA) is 187 Å². The molecule has 0 radical (unpaired) electrons. The molecule has 0 spiro atoms. The van der Waals surface area contributed by atoms with Crippen LogP contribution in [0, 0.1) is 22.7 Å². The number of hydrogen-bond donors (Lipinski definition) is 5. The average molecular weight is 863 g/mol. The normalized spacial score (nSPS) is 18.5. The van der Waals surface area contributed by atoms with Crippen LogP contribution in [0.2, 0.25) is 5.02 Å². The zero-order valence-electron chi connectivity index (χ0n) is 36.3. The van der Waals surface area contributed by atoms with Gasteiger partial charge >= 0.3 is 0 Å². The molecule has 7 rings (SSSR count). The van der Waals surface area contributed by atoms with E-state index in [1.54, 1.807) is 42.4 Å². The third kappa shape index (κ3) is 9.27. The van der Waals surface area contributed by atoms with Crippen LogP contribution in [0.1, 0.15) is 104 Å². The lowest BCUT2D eigenvalue weighted by atomic mass is 9.52. The molecule has 2 aromatic heterocycles. The summed E-state index contributed by atoms with van der Waals surface area (Å²) in [6, 6.07) is 8.94. The molecule has 0 saturated heterocycles. The van der Waals surface area contributed by atoms with E-state index in [1.807, 2.05) is 7.05 Å². The van der Waals surface area contributed by atoms with Crippen LogP contribution < -0.4 is 35.8 Å². The number of hydrogen-bond acceptors (Lipinski definition) is 12. The summed E-state index contributed by atoms with van der Waals surface area (Å²) in [7, 11) is 5.06. The maximum Gasteiger partial charge on any atom is 0.254 e. The fraction of sp³-hybridized carbons (Fsp3) is 0.457. The molecule has 2 aromatic carbocycles. The summed E-state index contributed by atoms with van der Waals surface area (Å²) in [6.07, 6.45) is 9.57. The van der Waals surface area contributed by atoms with E-state index in [0.29, 0.717) is 58.5 Å². The molecule has 16 heteroatoms. The number of aromatic hydroxyl groups is 1. The fourth-order valence-corrected chi connectivity index (χ4v) is 9.74. The van der Waals surface area contributed by atoms with Gasteiger partial charge in [0.1, 0.15) is 29.1 Å². The second-order valence-corrected chi connectivity index (χ2v) is 18.1. The van der Waals surface area contributed by atoms with Crippen LogP contribution in [-0.4, -0.2) is 95.2 Å². The van der Waals surface area contributed by atoms with Crippen molar-refractivity contribution < 1.29 is 24.2 Å². The number of carbonyl (C=O) groups excluding carboxylic acids is 3. The summed E-state index contributed by atoms with van der Waals surface area (Å²) in [6.45, 7) is 9.72. The molecule has 1 aliphatic heterocycles. The van der Waals surface area contributed by atoms with Crippen LogP contribution in [0.5, 0.6) is 11.5 Å². The van der Waals surface area contributed by atoms with E-state index in [-0.39, 0.29) is 63.8 Å². The van der Waals surface area contributed by atoms with Crippen molar-refractivity contribution in [1.82, 2.24) is 35.9 Å². The van der Waals surface area contributed by atoms with Crippen molar-refractivity contribution in [3.8, 4) is 23.3 Å². The average Bonchev–Trinajstić information content (AvgIpc) is 3.78. The first-order valence-electron chi connectivity index (χ1n) is 21.0. The number of phenols is 1. The predicted molar refractivity (Wildman–Crippen MR) is 239 cm³/mol. The molecule has 2 atom stereocenters. The highest BCUT2D eigenvalue weighted by Crippen LogP contribution is 2.53. The lowest BCUT2D eigenvalue weighted by molar-refractivity contribution is -0.120. The van der Waals surface area contributed by atoms with Crippen molar-refractivity contribution in [2.24, 2.45) is 10.8 Å². The number of rotatable bonds is 13. The molecular weight excluding hydrogens is 808 g/mol. The lowest BCUT2D eigenvalue weighted by Crippen LogP contribution is -2.63. The van der Waals surface area contributed by atoms with E-state index in [0.717, 1.165) is 32.1 Å². The first-order chi connectivity index (χ1) is 29.6. The Labute approximate surface area is 367 Å². The van der Waals surface area contributed by atoms with Gasteiger partial charge in [0.05, 0.1) is 35.5 Å². The summed E-state index contributed by atoms with van der Waals surface area (Å²) in [5, 5.41) is 22.6. The van der Waals surface area contributed by atoms with Gasteiger partial charge in [-0.2, -0.15) is 4.98 Å². The Morgan fingerprint density at radius 1 is 0.984 bits per heavy atom. The van der Waals surface area contributed by atoms with Gasteiger partial charge < -0.3 is 40.9 Å². The first kappa shape index (κ1) is 44.1. The quantitative estimate of drug-likeness (QED) is 0.0758. The van der Waals surface area contributed by atoms with Gasteiger partial charge in [0.25, 0.3) is 11.8 Å². The Hall–Kier alpha value is -5.98. The van der Waals surface area contributed by atoms with Gasteiger partial charge in [0.15, 0.2) is 5.82 Å². The van der Waals surface area contributed by atoms with Crippen molar-refractivity contribution in [2.75, 3.05) is 49.4 Å². The van der Waals surface area contributed by atoms with Gasteiger partial charge in [0, 0.05) is 55.7 Å². The van der Waals surface area contributed by atoms with Gasteiger partial charge in [0.2, 0.25) is 11.9 Å². The van der Waals surface area contributed by atoms with Crippen LogP contribution in [0.25, 0.3) is 0 Å². The van der Waals surface area contributed by atoms with Crippen molar-refractivity contribution in [3.05, 3.63) is 82.5 Å². The van der Waals surface area contributed by atoms with Gasteiger partial charge in [-0.1, -0.05) is 64.0 Å². The summed E-state index contributed by atoms with van der Waals surface area (Å²) in [5.74, 6) is 6.79. The van der Waals surface area contributed by atoms with Crippen molar-refractivity contribution in [1.29, 1.82) is 0 Å². The molecular formula is C46H55ClN10O5. The molecule has 5 N–H and O–H groups in total. The Balaban J connectivity index is 1.21. The molecule has 326 valence electrons. The highest BCUT2D eigenvalue weighted by molar-refractivity contribution is 6.31. The Morgan fingerprint density at radius 2 is 1.71 bits per heavy atom. The monoisotopic (exact) mass is 862 g/mol. The van der Waals surface area contributed by atoms with Gasteiger partial charge in [-0.25, -0.2) is 15.0 Å². The molecule has 4 aromatic rings. The zero-order chi connectivity index (χ0) is 44.3. The minimum absolute atomic E-state index is 0.00143. The minimum Gasteiger partial charge on any atom is -0.508 e. The first-order valence-corrected chi connectivity index (χ1v) is 21.4. The standard InChI is InChI=1S/C46H55ClN10O5/c1-45(2)26-46(3,4)43(45)55-41(60)30-23-50-38(51-24-30)28(13-12-27-14-16-32(58)22-33(27)47)20-35-42(61)56(6)36-25-52-44(54-39(36)57(35)31-10-8-9-11-31)53-34-17-15-29(21-37(34)62-7)40(59)49-19-18-48-5/h14-17,21-25,28,31,35,43,48,58H,8-11,18-20,26H2,1-7H3,(H,49,59)(H,55,60)(H,52,53,54)/t28?,35-/m1/s1. The van der Waals surface area contributed by atoms with E-state index in [9.17, 15) is 19.5 Å². The van der Waals surface area contributed by atoms with Crippen molar-refractivity contribution in [2.45, 2.75) is 90.3 Å². The Morgan fingerprint density at radius 3 is 2.37 bits per heavy atom. The van der Waals surface area contributed by atoms with E-state index in [4.69, 9.17) is 31.3 Å². The number of aromatic nitrogens is 4. The molecule has 2 fully saturated rings. The number of methoxy groups -OCH3 is 1. The fourth-order valence-electron chi connectivity index (χ4n) is 9.51. The number of halogens is 1. The summed E-state index contributed by atoms with van der Waals surface area (Å²) in [4.78, 5) is 63.6. The van der Waals surface area contributed by atoms with E-state index in [1.165, 1.54) is 31.6 Å². The zero-order valence-corrected chi connectivity index (χ0v) is 37.1. The molecule has 1 unspecified atom stereocenters. The van der Waals surface area contributed by atoms with Crippen LogP contribution in [-0.2, 0) is 4.79 Å². The third-order valence-corrected chi connectivity index (χ3v) is 12.5. The number of anilines is 4. The molecule has 3 heterocycles. The van der Waals surface area contributed by atoms with E-state index < -0.39 is 12.0 Å². The SMILES string of the molecule is CNCCNC(=O)c1ccc(Nc2ncc3c(n2)N(C2CCCC2)[C@H](CC(C#Cc2ccc(O)cc2Cl)c2ncc(C(=O)NC4C(C)(C)CC4(C)C)cn2)C(=O)N3C)c(OC)c1. The molecule has 62 heavy (non-hydrogen) atoms. The number of amides is 3. The molecule has 3 amide bonds. The van der Waals surface area contributed by atoms with Crippen LogP contribution in [0.4, 0.5) is 23.1 Å². The Bertz CT molecular complexity index is 2380. The number of carbonyl (C=O) groups is 3. The molecule has 2 aliphatic carbocycles. The maximum absolute atomic E-state index is 14.6. The summed E-state index contributed by atoms with van der Waals surface area (Å²) in [5.41, 5.74) is 2.30. The van der Waals surface area contributed by atoms with E-state index in [2.05, 4.69) is 70.7 Å². The highest BCUT2D eigenvalue weighted by Gasteiger charge is 2.53. The maximum atomic E-state index is 14.6. The Kier molecular flexibility index (Phi) is 12.9. The van der Waals surface area contributed by atoms with Crippen LogP contribution >= 0.6 is 11.6 Å². The van der Waals surface area contributed by atoms with Gasteiger partial charge in [-0.3, -0.25) is 14.4 Å². The largest absolute Gasteiger partial charge is 0.508 e. The van der Waals surface area contributed by atoms with Crippen LogP contribution in [0.3, 0.4) is 0 Å². The second kappa shape index (κ2) is 18.2. The van der Waals surface area contributed by atoms with Gasteiger partial charge in [-0.15, -0.1) is 0 Å². The van der Waals surface area contributed by atoms with Crippen molar-refractivity contribution in [3.63, 3.8) is 0 Å². The number of likely N-dealkylation sites (N-methyl/N-ethyl adjacent to an activating group) is 2. The van der Waals surface area contributed by atoms with Crippen molar-refractivity contribution >= 4 is 52.5 Å². The summed E-state index contributed by atoms with van der Waals surface area (Å²) >= 11 is 6.49. The molecule has 15 nitrogen and oxygen atoms in total. The molecule has 3 aliphatic rings. The van der Waals surface area contributed by atoms with Crippen LogP contribution in [0.15, 0.2) is 55.0 Å². The third-order valence-electron chi connectivity index (χ3n) is 12.2. The molecule has 0 bridgehead atoms. The van der Waals surface area contributed by atoms with Gasteiger partial charge in [-0.05, 0) is 80.0 Å².